The van der Waals surface area contributed by atoms with Crippen molar-refractivity contribution in [1.29, 1.82) is 0 Å². The minimum atomic E-state index is -0.472. The van der Waals surface area contributed by atoms with E-state index in [1.54, 1.807) is 10.9 Å². The van der Waals surface area contributed by atoms with E-state index in [9.17, 15) is 0 Å². The van der Waals surface area contributed by atoms with Crippen molar-refractivity contribution < 1.29 is 5.11 Å². The van der Waals surface area contributed by atoms with Crippen molar-refractivity contribution >= 4 is 0 Å². The molecule has 0 saturated carbocycles. The maximum atomic E-state index is 8.64. The Bertz CT molecular complexity index is 321. The fourth-order valence-corrected chi connectivity index (χ4v) is 0.903. The molecule has 0 saturated heterocycles. The lowest BCUT2D eigenvalue weighted by atomic mass is 10.3. The minimum absolute atomic E-state index is 0.118. The van der Waals surface area contributed by atoms with Crippen molar-refractivity contribution in [3.63, 3.8) is 0 Å². The van der Waals surface area contributed by atoms with Crippen LogP contribution in [-0.4, -0.2) is 27.5 Å². The smallest absolute Gasteiger partial charge is 0.111 e. The van der Waals surface area contributed by atoms with Crippen LogP contribution in [-0.2, 0) is 6.54 Å². The first-order valence-corrected chi connectivity index (χ1v) is 4.17. The molecule has 0 unspecified atom stereocenters. The van der Waals surface area contributed by atoms with Crippen molar-refractivity contribution in [3.8, 4) is 11.8 Å². The molecule has 1 heterocycles. The summed E-state index contributed by atoms with van der Waals surface area (Å²) in [4.78, 5) is 0. The van der Waals surface area contributed by atoms with E-state index in [-0.39, 0.29) is 6.61 Å². The largest absolute Gasteiger partial charge is 0.394 e. The van der Waals surface area contributed by atoms with Crippen LogP contribution in [0.1, 0.15) is 12.6 Å². The lowest BCUT2D eigenvalue weighted by Crippen LogP contribution is -2.21. The van der Waals surface area contributed by atoms with Crippen molar-refractivity contribution in [2.75, 3.05) is 6.61 Å². The van der Waals surface area contributed by atoms with E-state index in [1.807, 2.05) is 13.0 Å². The van der Waals surface area contributed by atoms with E-state index in [0.29, 0.717) is 0 Å². The lowest BCUT2D eigenvalue weighted by molar-refractivity contribution is 0.287. The summed E-state index contributed by atoms with van der Waals surface area (Å²) in [7, 11) is 0. The average molecular weight is 179 g/mol. The van der Waals surface area contributed by atoms with E-state index in [2.05, 4.69) is 16.9 Å². The Morgan fingerprint density at radius 1 is 1.77 bits per heavy atom. The molecule has 70 valence electrons. The zero-order chi connectivity index (χ0) is 9.68. The maximum Gasteiger partial charge on any atom is 0.111 e. The summed E-state index contributed by atoms with van der Waals surface area (Å²) in [5.74, 6) is 5.59. The monoisotopic (exact) mass is 179 g/mol. The molecule has 3 N–H and O–H groups in total. The van der Waals surface area contributed by atoms with Crippen molar-refractivity contribution in [3.05, 3.63) is 18.0 Å². The maximum absolute atomic E-state index is 8.64. The van der Waals surface area contributed by atoms with Gasteiger partial charge in [-0.05, 0) is 18.9 Å². The van der Waals surface area contributed by atoms with Gasteiger partial charge in [-0.3, -0.25) is 4.68 Å². The highest BCUT2D eigenvalue weighted by molar-refractivity contribution is 5.28. The van der Waals surface area contributed by atoms with Gasteiger partial charge in [0, 0.05) is 6.54 Å². The number of hydrogen-bond donors (Lipinski definition) is 2. The van der Waals surface area contributed by atoms with Crippen LogP contribution in [0, 0.1) is 11.8 Å². The zero-order valence-corrected chi connectivity index (χ0v) is 7.57. The molecule has 0 aliphatic carbocycles. The predicted molar refractivity (Wildman–Crippen MR) is 49.8 cm³/mol. The van der Waals surface area contributed by atoms with Crippen LogP contribution >= 0.6 is 0 Å². The van der Waals surface area contributed by atoms with E-state index in [1.165, 1.54) is 0 Å². The molecule has 1 atom stereocenters. The summed E-state index contributed by atoms with van der Waals surface area (Å²) in [6.07, 6.45) is 1.69. The third-order valence-corrected chi connectivity index (χ3v) is 1.60. The van der Waals surface area contributed by atoms with Crippen LogP contribution < -0.4 is 5.73 Å². The normalized spacial score (nSPS) is 11.9. The second-order valence-corrected chi connectivity index (χ2v) is 2.59. The molecule has 1 aromatic heterocycles. The summed E-state index contributed by atoms with van der Waals surface area (Å²) in [6, 6.07) is 1.35. The Morgan fingerprint density at radius 3 is 3.15 bits per heavy atom. The number of aliphatic hydroxyl groups is 1. The first-order chi connectivity index (χ1) is 6.27. The Labute approximate surface area is 77.4 Å². The summed E-state index contributed by atoms with van der Waals surface area (Å²) in [5.41, 5.74) is 6.25. The standard InChI is InChI=1S/C9H13N3O/c1-2-12-9(5-6-11-12)4-3-8(10)7-13/h5-6,8,13H,2,7,10H2,1H3/t8-/m1/s1. The number of nitrogens with zero attached hydrogens (tertiary/aromatic N) is 2. The summed E-state index contributed by atoms with van der Waals surface area (Å²) >= 11 is 0. The van der Waals surface area contributed by atoms with Gasteiger partial charge >= 0.3 is 0 Å². The number of rotatable bonds is 2. The van der Waals surface area contributed by atoms with Gasteiger partial charge in [-0.1, -0.05) is 5.92 Å². The van der Waals surface area contributed by atoms with E-state index < -0.39 is 6.04 Å². The Hall–Kier alpha value is -1.31. The Kier molecular flexibility index (Phi) is 3.50. The SMILES string of the molecule is CCn1nccc1C#C[C@@H](N)CO. The molecule has 0 radical (unpaired) electrons. The van der Waals surface area contributed by atoms with Crippen LogP contribution in [0.2, 0.25) is 0 Å². The van der Waals surface area contributed by atoms with Crippen molar-refractivity contribution in [2.45, 2.75) is 19.5 Å². The molecule has 0 spiro atoms. The molecule has 0 aromatic carbocycles. The van der Waals surface area contributed by atoms with Gasteiger partial charge in [0.1, 0.15) is 5.69 Å². The zero-order valence-electron chi connectivity index (χ0n) is 7.57. The average Bonchev–Trinajstić information content (AvgIpc) is 2.61. The number of nitrogens with two attached hydrogens (primary N) is 1. The highest BCUT2D eigenvalue weighted by Crippen LogP contribution is 1.95. The van der Waals surface area contributed by atoms with Gasteiger partial charge in [0.15, 0.2) is 0 Å². The highest BCUT2D eigenvalue weighted by Gasteiger charge is 1.96. The summed E-state index contributed by atoms with van der Waals surface area (Å²) in [6.45, 7) is 2.66. The quantitative estimate of drug-likeness (QED) is 0.606. The Morgan fingerprint density at radius 2 is 2.54 bits per heavy atom. The molecule has 0 bridgehead atoms. The van der Waals surface area contributed by atoms with Crippen molar-refractivity contribution in [2.24, 2.45) is 5.73 Å². The second kappa shape index (κ2) is 4.65. The first kappa shape index (κ1) is 9.78. The fourth-order valence-electron chi connectivity index (χ4n) is 0.903. The first-order valence-electron chi connectivity index (χ1n) is 4.17. The van der Waals surface area contributed by atoms with Crippen LogP contribution in [0.5, 0.6) is 0 Å². The van der Waals surface area contributed by atoms with Crippen molar-refractivity contribution in [1.82, 2.24) is 9.78 Å². The molecule has 0 aliphatic rings. The minimum Gasteiger partial charge on any atom is -0.394 e. The molecule has 4 heteroatoms. The molecule has 13 heavy (non-hydrogen) atoms. The number of aryl methyl sites for hydroxylation is 1. The molecular weight excluding hydrogens is 166 g/mol. The van der Waals surface area contributed by atoms with Crippen LogP contribution in [0.25, 0.3) is 0 Å². The number of hydrogen-bond acceptors (Lipinski definition) is 3. The van der Waals surface area contributed by atoms with Crippen LogP contribution in [0.4, 0.5) is 0 Å². The van der Waals surface area contributed by atoms with Gasteiger partial charge in [-0.15, -0.1) is 0 Å². The molecule has 0 amide bonds. The summed E-state index contributed by atoms with van der Waals surface area (Å²) < 4.78 is 1.77. The topological polar surface area (TPSA) is 64.1 Å². The molecule has 0 aliphatic heterocycles. The number of aromatic nitrogens is 2. The molecule has 1 aromatic rings. The van der Waals surface area contributed by atoms with E-state index >= 15 is 0 Å². The summed E-state index contributed by atoms with van der Waals surface area (Å²) in [5, 5.41) is 12.7. The lowest BCUT2D eigenvalue weighted by Gasteiger charge is -1.97. The van der Waals surface area contributed by atoms with Gasteiger partial charge in [0.2, 0.25) is 0 Å². The third kappa shape index (κ3) is 2.58. The molecule has 1 rings (SSSR count). The van der Waals surface area contributed by atoms with Gasteiger partial charge < -0.3 is 10.8 Å². The van der Waals surface area contributed by atoms with E-state index in [4.69, 9.17) is 10.8 Å². The van der Waals surface area contributed by atoms with Gasteiger partial charge in [0.05, 0.1) is 18.8 Å². The van der Waals surface area contributed by atoms with Gasteiger partial charge in [0.25, 0.3) is 0 Å². The Balaban J connectivity index is 2.76. The number of aliphatic hydroxyl groups excluding tert-OH is 1. The van der Waals surface area contributed by atoms with E-state index in [0.717, 1.165) is 12.2 Å². The van der Waals surface area contributed by atoms with Crippen LogP contribution in [0.15, 0.2) is 12.3 Å². The third-order valence-electron chi connectivity index (χ3n) is 1.60. The van der Waals surface area contributed by atoms with Crippen LogP contribution in [0.3, 0.4) is 0 Å². The molecular formula is C9H13N3O. The molecule has 0 fully saturated rings. The fraction of sp³-hybridized carbons (Fsp3) is 0.444. The predicted octanol–water partition coefficient (Wildman–Crippen LogP) is -0.426. The highest BCUT2D eigenvalue weighted by atomic mass is 16.3. The van der Waals surface area contributed by atoms with Gasteiger partial charge in [-0.25, -0.2) is 0 Å². The molecule has 4 nitrogen and oxygen atoms in total. The second-order valence-electron chi connectivity index (χ2n) is 2.59. The van der Waals surface area contributed by atoms with Gasteiger partial charge in [-0.2, -0.15) is 5.10 Å².